The lowest BCUT2D eigenvalue weighted by atomic mass is 10.2. The zero-order valence-electron chi connectivity index (χ0n) is 10.8. The van der Waals surface area contributed by atoms with E-state index in [0.29, 0.717) is 35.7 Å². The number of nitro groups is 1. The van der Waals surface area contributed by atoms with E-state index in [-0.39, 0.29) is 5.69 Å². The quantitative estimate of drug-likeness (QED) is 0.492. The van der Waals surface area contributed by atoms with Crippen molar-refractivity contribution < 1.29 is 9.45 Å². The number of rotatable bonds is 6. The first kappa shape index (κ1) is 14.6. The predicted octanol–water partition coefficient (Wildman–Crippen LogP) is 2.38. The van der Waals surface area contributed by atoms with Gasteiger partial charge in [0.25, 0.3) is 5.69 Å². The normalized spacial score (nSPS) is 10.7. The summed E-state index contributed by atoms with van der Waals surface area (Å²) in [5.41, 5.74) is 0.901. The Kier molecular flexibility index (Phi) is 4.80. The highest BCUT2D eigenvalue weighted by atomic mass is 79.9. The van der Waals surface area contributed by atoms with Gasteiger partial charge in [0.2, 0.25) is 5.89 Å². The largest absolute Gasteiger partial charge is 0.339 e. The van der Waals surface area contributed by atoms with Crippen LogP contribution in [0.25, 0.3) is 0 Å². The van der Waals surface area contributed by atoms with Gasteiger partial charge in [0.15, 0.2) is 5.82 Å². The van der Waals surface area contributed by atoms with Crippen molar-refractivity contribution in [1.82, 2.24) is 15.5 Å². The Morgan fingerprint density at radius 3 is 2.95 bits per heavy atom. The van der Waals surface area contributed by atoms with Crippen molar-refractivity contribution in [3.05, 3.63) is 50.1 Å². The Morgan fingerprint density at radius 1 is 1.50 bits per heavy atom. The average molecular weight is 341 g/mol. The SMILES string of the molecule is Cc1noc(CCNCc2cccc([N+](=O)[O-])c2Br)n1. The molecule has 8 heteroatoms. The second-order valence-corrected chi connectivity index (χ2v) is 4.96. The number of aryl methyl sites for hydroxylation is 1. The van der Waals surface area contributed by atoms with E-state index in [1.165, 1.54) is 6.07 Å². The molecule has 0 saturated heterocycles. The van der Waals surface area contributed by atoms with Crippen LogP contribution in [0, 0.1) is 17.0 Å². The minimum absolute atomic E-state index is 0.0665. The Labute approximate surface area is 123 Å². The van der Waals surface area contributed by atoms with Gasteiger partial charge < -0.3 is 9.84 Å². The third-order valence-electron chi connectivity index (χ3n) is 2.66. The third-order valence-corrected chi connectivity index (χ3v) is 3.57. The van der Waals surface area contributed by atoms with Gasteiger partial charge in [-0.05, 0) is 28.4 Å². The lowest BCUT2D eigenvalue weighted by molar-refractivity contribution is -0.385. The molecule has 0 radical (unpaired) electrons. The van der Waals surface area contributed by atoms with Crippen molar-refractivity contribution in [3.8, 4) is 0 Å². The minimum atomic E-state index is -0.408. The summed E-state index contributed by atoms with van der Waals surface area (Å²) in [7, 11) is 0. The summed E-state index contributed by atoms with van der Waals surface area (Å²) >= 11 is 3.26. The van der Waals surface area contributed by atoms with Crippen molar-refractivity contribution in [2.75, 3.05) is 6.54 Å². The Hall–Kier alpha value is -1.80. The molecule has 2 rings (SSSR count). The molecule has 0 bridgehead atoms. The molecule has 20 heavy (non-hydrogen) atoms. The van der Waals surface area contributed by atoms with Gasteiger partial charge in [-0.25, -0.2) is 0 Å². The van der Waals surface area contributed by atoms with E-state index in [0.717, 1.165) is 5.56 Å². The summed E-state index contributed by atoms with van der Waals surface area (Å²) in [6.07, 6.45) is 0.618. The summed E-state index contributed by atoms with van der Waals surface area (Å²) in [5, 5.41) is 17.7. The number of hydrogen-bond acceptors (Lipinski definition) is 6. The minimum Gasteiger partial charge on any atom is -0.339 e. The van der Waals surface area contributed by atoms with Gasteiger partial charge in [0.1, 0.15) is 0 Å². The van der Waals surface area contributed by atoms with Gasteiger partial charge in [-0.3, -0.25) is 10.1 Å². The molecular weight excluding hydrogens is 328 g/mol. The lowest BCUT2D eigenvalue weighted by Gasteiger charge is -2.06. The van der Waals surface area contributed by atoms with Gasteiger partial charge >= 0.3 is 0 Å². The van der Waals surface area contributed by atoms with Crippen LogP contribution in [0.15, 0.2) is 27.2 Å². The maximum atomic E-state index is 10.8. The highest BCUT2D eigenvalue weighted by Crippen LogP contribution is 2.27. The second kappa shape index (κ2) is 6.58. The maximum Gasteiger partial charge on any atom is 0.283 e. The van der Waals surface area contributed by atoms with Crippen LogP contribution in [0.1, 0.15) is 17.3 Å². The van der Waals surface area contributed by atoms with Gasteiger partial charge in [0, 0.05) is 25.6 Å². The number of hydrogen-bond donors (Lipinski definition) is 1. The first-order chi connectivity index (χ1) is 9.58. The maximum absolute atomic E-state index is 10.8. The smallest absolute Gasteiger partial charge is 0.283 e. The van der Waals surface area contributed by atoms with Crippen LogP contribution < -0.4 is 5.32 Å². The third kappa shape index (κ3) is 3.61. The van der Waals surface area contributed by atoms with Crippen molar-refractivity contribution >= 4 is 21.6 Å². The molecule has 2 aromatic rings. The van der Waals surface area contributed by atoms with E-state index in [4.69, 9.17) is 4.52 Å². The van der Waals surface area contributed by atoms with Gasteiger partial charge in [-0.15, -0.1) is 0 Å². The van der Waals surface area contributed by atoms with Crippen LogP contribution >= 0.6 is 15.9 Å². The van der Waals surface area contributed by atoms with E-state index in [9.17, 15) is 10.1 Å². The molecule has 0 amide bonds. The second-order valence-electron chi connectivity index (χ2n) is 4.17. The fourth-order valence-corrected chi connectivity index (χ4v) is 2.25. The lowest BCUT2D eigenvalue weighted by Crippen LogP contribution is -2.17. The predicted molar refractivity (Wildman–Crippen MR) is 75.2 cm³/mol. The summed E-state index contributed by atoms with van der Waals surface area (Å²) in [5.74, 6) is 1.19. The number of halogens is 1. The van der Waals surface area contributed by atoms with Gasteiger partial charge in [0.05, 0.1) is 9.40 Å². The van der Waals surface area contributed by atoms with E-state index in [2.05, 4.69) is 31.4 Å². The van der Waals surface area contributed by atoms with Crippen LogP contribution in [-0.4, -0.2) is 21.6 Å². The molecule has 1 N–H and O–H groups in total. The molecule has 0 aliphatic heterocycles. The molecule has 1 aromatic carbocycles. The Bertz CT molecular complexity index is 614. The summed E-state index contributed by atoms with van der Waals surface area (Å²) < 4.78 is 5.50. The molecule has 106 valence electrons. The van der Waals surface area contributed by atoms with Crippen LogP contribution in [0.4, 0.5) is 5.69 Å². The van der Waals surface area contributed by atoms with E-state index in [1.54, 1.807) is 13.0 Å². The molecule has 0 aliphatic rings. The van der Waals surface area contributed by atoms with Crippen molar-refractivity contribution in [2.45, 2.75) is 19.9 Å². The number of benzene rings is 1. The standard InChI is InChI=1S/C12H13BrN4O3/c1-8-15-11(20-16-8)5-6-14-7-9-3-2-4-10(12(9)13)17(18)19/h2-4,14H,5-7H2,1H3. The number of aromatic nitrogens is 2. The van der Waals surface area contributed by atoms with Crippen LogP contribution in [0.2, 0.25) is 0 Å². The van der Waals surface area contributed by atoms with Crippen molar-refractivity contribution in [1.29, 1.82) is 0 Å². The van der Waals surface area contributed by atoms with E-state index < -0.39 is 4.92 Å². The molecule has 0 unspecified atom stereocenters. The number of nitro benzene ring substituents is 1. The zero-order valence-corrected chi connectivity index (χ0v) is 12.4. The average Bonchev–Trinajstić information content (AvgIpc) is 2.82. The first-order valence-electron chi connectivity index (χ1n) is 5.99. The fourth-order valence-electron chi connectivity index (χ4n) is 1.70. The molecule has 1 aromatic heterocycles. The molecule has 0 aliphatic carbocycles. The molecule has 0 spiro atoms. The Balaban J connectivity index is 1.88. The summed E-state index contributed by atoms with van der Waals surface area (Å²) in [4.78, 5) is 14.5. The van der Waals surface area contributed by atoms with Crippen LogP contribution in [-0.2, 0) is 13.0 Å². The molecule has 0 fully saturated rings. The highest BCUT2D eigenvalue weighted by Gasteiger charge is 2.14. The van der Waals surface area contributed by atoms with Crippen molar-refractivity contribution in [3.63, 3.8) is 0 Å². The number of nitrogens with one attached hydrogen (secondary N) is 1. The van der Waals surface area contributed by atoms with Gasteiger partial charge in [-0.1, -0.05) is 17.3 Å². The Morgan fingerprint density at radius 2 is 2.30 bits per heavy atom. The van der Waals surface area contributed by atoms with E-state index in [1.807, 2.05) is 6.07 Å². The van der Waals surface area contributed by atoms with Gasteiger partial charge in [-0.2, -0.15) is 4.98 Å². The monoisotopic (exact) mass is 340 g/mol. The molecule has 1 heterocycles. The molecular formula is C12H13BrN4O3. The molecule has 7 nitrogen and oxygen atoms in total. The van der Waals surface area contributed by atoms with Crippen molar-refractivity contribution in [2.24, 2.45) is 0 Å². The van der Waals surface area contributed by atoms with Crippen LogP contribution in [0.3, 0.4) is 0 Å². The van der Waals surface area contributed by atoms with Crippen LogP contribution in [0.5, 0.6) is 0 Å². The fraction of sp³-hybridized carbons (Fsp3) is 0.333. The summed E-state index contributed by atoms with van der Waals surface area (Å²) in [6, 6.07) is 4.97. The highest BCUT2D eigenvalue weighted by molar-refractivity contribution is 9.10. The topological polar surface area (TPSA) is 94.1 Å². The number of nitrogens with zero attached hydrogens (tertiary/aromatic N) is 3. The first-order valence-corrected chi connectivity index (χ1v) is 6.79. The van der Waals surface area contributed by atoms with E-state index >= 15 is 0 Å². The summed E-state index contributed by atoms with van der Waals surface area (Å²) in [6.45, 7) is 2.94. The molecule has 0 saturated carbocycles. The molecule has 0 atom stereocenters. The zero-order chi connectivity index (χ0) is 14.5.